The average molecular weight is 821 g/mol. The smallest absolute Gasteiger partial charge is 0.197 e. The van der Waals surface area contributed by atoms with Crippen LogP contribution in [-0.4, -0.2) is 0 Å². The number of rotatable bonds is 11. The molecule has 0 aliphatic carbocycles. The van der Waals surface area contributed by atoms with Crippen LogP contribution in [0.25, 0.3) is 67.0 Å². The molecule has 0 fully saturated rings. The molecule has 4 heterocycles. The topological polar surface area (TPSA) is 7.76 Å². The van der Waals surface area contributed by atoms with Crippen molar-refractivity contribution in [1.29, 1.82) is 0 Å². The summed E-state index contributed by atoms with van der Waals surface area (Å²) in [7, 11) is 0. The van der Waals surface area contributed by atoms with Crippen LogP contribution in [-0.2, 0) is 23.9 Å². The molecule has 63 heavy (non-hydrogen) atoms. The molecule has 0 saturated heterocycles. The molecule has 0 amide bonds. The molecule has 3 unspecified atom stereocenters. The molecule has 2 aromatic heterocycles. The van der Waals surface area contributed by atoms with E-state index in [1.807, 2.05) is 0 Å². The minimum Gasteiger partial charge on any atom is -0.197 e. The molecule has 0 spiro atoms. The van der Waals surface area contributed by atoms with E-state index in [-0.39, 0.29) is 11.0 Å². The molecule has 3 atom stereocenters. The first-order valence-corrected chi connectivity index (χ1v) is 23.5. The standard InChI is InChI=1S/C61H60N2/c1-6-9-21-44-22-17-25-46(35-44)51-37-50(45-23-11-10-12-24-45)38-52(39-51)48-27-18-26-47(36-48)49-31-32-57-56(40-49)58-30-15-16-34-63(58)61(8-3,60(57,5)7-2)41-53-42-62-33-19-20-43(4)59(62)55-29-14-13-28-54(53)55/h10-20,22-40,53H,6-9,21,41-42H2,1-5H3/q+2. The summed E-state index contributed by atoms with van der Waals surface area (Å²) in [5, 5.41) is 0. The molecule has 2 nitrogen and oxygen atoms in total. The summed E-state index contributed by atoms with van der Waals surface area (Å²) in [4.78, 5) is 0. The van der Waals surface area contributed by atoms with Crippen molar-refractivity contribution in [2.45, 2.75) is 96.6 Å². The van der Waals surface area contributed by atoms with Crippen LogP contribution >= 0.6 is 0 Å². The Morgan fingerprint density at radius 3 is 1.95 bits per heavy atom. The van der Waals surface area contributed by atoms with Crippen molar-refractivity contribution in [3.05, 3.63) is 205 Å². The largest absolute Gasteiger partial charge is 0.215 e. The van der Waals surface area contributed by atoms with Gasteiger partial charge in [0, 0.05) is 36.6 Å². The van der Waals surface area contributed by atoms with Gasteiger partial charge in [-0.1, -0.05) is 130 Å². The zero-order valence-electron chi connectivity index (χ0n) is 37.7. The van der Waals surface area contributed by atoms with Gasteiger partial charge >= 0.3 is 0 Å². The fourth-order valence-electron chi connectivity index (χ4n) is 11.6. The third kappa shape index (κ3) is 7.05. The second kappa shape index (κ2) is 16.7. The summed E-state index contributed by atoms with van der Waals surface area (Å²) in [5.41, 5.74) is 20.8. The van der Waals surface area contributed by atoms with Crippen molar-refractivity contribution in [3.63, 3.8) is 0 Å². The van der Waals surface area contributed by atoms with Gasteiger partial charge in [0.1, 0.15) is 0 Å². The molecule has 10 rings (SSSR count). The van der Waals surface area contributed by atoms with Gasteiger partial charge in [-0.3, -0.25) is 0 Å². The van der Waals surface area contributed by atoms with Crippen LogP contribution < -0.4 is 9.13 Å². The molecule has 2 aliphatic rings. The highest BCUT2D eigenvalue weighted by Crippen LogP contribution is 2.54. The van der Waals surface area contributed by atoms with Gasteiger partial charge in [0.05, 0.1) is 22.5 Å². The molecule has 312 valence electrons. The lowest BCUT2D eigenvalue weighted by molar-refractivity contribution is -0.772. The number of nitrogens with zero attached hydrogens (tertiary/aromatic N) is 2. The Hall–Kier alpha value is -6.38. The van der Waals surface area contributed by atoms with Crippen LogP contribution in [0.4, 0.5) is 0 Å². The maximum absolute atomic E-state index is 2.70. The van der Waals surface area contributed by atoms with E-state index < -0.39 is 0 Å². The fourth-order valence-corrected chi connectivity index (χ4v) is 11.6. The van der Waals surface area contributed by atoms with Crippen molar-refractivity contribution < 1.29 is 9.13 Å². The Bertz CT molecular complexity index is 2960. The molecule has 0 bridgehead atoms. The molecular formula is C61H60N2+2. The molecule has 8 aromatic rings. The number of unbranched alkanes of at least 4 members (excludes halogenated alkanes) is 1. The summed E-state index contributed by atoms with van der Waals surface area (Å²) in [5.74, 6) is 0.376. The zero-order valence-corrected chi connectivity index (χ0v) is 37.7. The van der Waals surface area contributed by atoms with E-state index in [1.54, 1.807) is 0 Å². The van der Waals surface area contributed by atoms with Crippen LogP contribution in [0.1, 0.15) is 88.0 Å². The predicted molar refractivity (Wildman–Crippen MR) is 263 cm³/mol. The number of benzene rings is 6. The Labute approximate surface area is 375 Å². The quantitative estimate of drug-likeness (QED) is 0.115. The van der Waals surface area contributed by atoms with E-state index in [1.165, 1.54) is 102 Å². The summed E-state index contributed by atoms with van der Waals surface area (Å²) in [6, 6.07) is 64.3. The van der Waals surface area contributed by atoms with E-state index in [2.05, 4.69) is 226 Å². The molecule has 0 radical (unpaired) electrons. The minimum atomic E-state index is -0.135. The lowest BCUT2D eigenvalue weighted by Gasteiger charge is -2.49. The molecule has 2 heteroatoms. The first kappa shape index (κ1) is 40.7. The number of aryl methyl sites for hydroxylation is 2. The van der Waals surface area contributed by atoms with Crippen LogP contribution in [0.2, 0.25) is 0 Å². The van der Waals surface area contributed by atoms with Gasteiger partial charge in [-0.25, -0.2) is 0 Å². The number of fused-ring (bicyclic) bond motifs is 6. The predicted octanol–water partition coefficient (Wildman–Crippen LogP) is 14.9. The van der Waals surface area contributed by atoms with Gasteiger partial charge in [-0.2, -0.15) is 9.13 Å². The second-order valence-electron chi connectivity index (χ2n) is 18.5. The highest BCUT2D eigenvalue weighted by molar-refractivity contribution is 5.84. The monoisotopic (exact) mass is 820 g/mol. The van der Waals surface area contributed by atoms with Gasteiger partial charge < -0.3 is 0 Å². The number of pyridine rings is 2. The molecule has 0 N–H and O–H groups in total. The SMILES string of the molecule is CCCCc1cccc(-c2cc(-c3ccccc3)cc(-c3cccc(-c4ccc5c(c4)-c4cccc[n+]4C(CC)(CC4C[n+]6cccc(C)c6-c6ccccc64)C5(C)CC)c3)c2)c1. The van der Waals surface area contributed by atoms with Crippen LogP contribution in [0.5, 0.6) is 0 Å². The Kier molecular flexibility index (Phi) is 10.8. The van der Waals surface area contributed by atoms with Gasteiger partial charge in [-0.15, -0.1) is 0 Å². The molecule has 2 aliphatic heterocycles. The minimum absolute atomic E-state index is 0.106. The van der Waals surface area contributed by atoms with E-state index in [0.717, 1.165) is 32.2 Å². The van der Waals surface area contributed by atoms with Crippen LogP contribution in [0.15, 0.2) is 182 Å². The number of aromatic nitrogens is 2. The fraction of sp³-hybridized carbons (Fsp3) is 0.246. The first-order valence-electron chi connectivity index (χ1n) is 23.5. The van der Waals surface area contributed by atoms with Crippen molar-refractivity contribution >= 4 is 0 Å². The van der Waals surface area contributed by atoms with Gasteiger partial charge in [0.25, 0.3) is 0 Å². The number of hydrogen-bond acceptors (Lipinski definition) is 0. The second-order valence-corrected chi connectivity index (χ2v) is 18.5. The highest BCUT2D eigenvalue weighted by atomic mass is 15.1. The summed E-state index contributed by atoms with van der Waals surface area (Å²) < 4.78 is 5.22. The first-order chi connectivity index (χ1) is 30.8. The third-order valence-corrected chi connectivity index (χ3v) is 15.1. The normalized spacial score (nSPS) is 18.5. The molecule has 0 saturated carbocycles. The lowest BCUT2D eigenvalue weighted by atomic mass is 9.56. The van der Waals surface area contributed by atoms with E-state index >= 15 is 0 Å². The van der Waals surface area contributed by atoms with Gasteiger partial charge in [-0.05, 0) is 143 Å². The Balaban J connectivity index is 1.05. The Morgan fingerprint density at radius 2 is 1.19 bits per heavy atom. The summed E-state index contributed by atoms with van der Waals surface area (Å²) in [6.07, 6.45) is 11.3. The lowest BCUT2D eigenvalue weighted by Crippen LogP contribution is -2.69. The molecular weight excluding hydrogens is 761 g/mol. The van der Waals surface area contributed by atoms with Crippen molar-refractivity contribution in [3.8, 4) is 67.0 Å². The summed E-state index contributed by atoms with van der Waals surface area (Å²) in [6.45, 7) is 12.9. The number of hydrogen-bond donors (Lipinski definition) is 0. The average Bonchev–Trinajstić information content (AvgIpc) is 3.34. The van der Waals surface area contributed by atoms with Crippen LogP contribution in [0, 0.1) is 6.92 Å². The highest BCUT2D eigenvalue weighted by Gasteiger charge is 2.60. The van der Waals surface area contributed by atoms with Gasteiger partial charge in [0.2, 0.25) is 11.4 Å². The third-order valence-electron chi connectivity index (χ3n) is 15.1. The van der Waals surface area contributed by atoms with Gasteiger partial charge in [0.15, 0.2) is 24.5 Å². The van der Waals surface area contributed by atoms with Crippen molar-refractivity contribution in [1.82, 2.24) is 0 Å². The van der Waals surface area contributed by atoms with E-state index in [4.69, 9.17) is 0 Å². The Morgan fingerprint density at radius 1 is 0.540 bits per heavy atom. The maximum atomic E-state index is 2.70. The zero-order chi connectivity index (χ0) is 43.1. The van der Waals surface area contributed by atoms with Crippen molar-refractivity contribution in [2.24, 2.45) is 0 Å². The maximum Gasteiger partial charge on any atom is 0.215 e. The van der Waals surface area contributed by atoms with E-state index in [0.29, 0.717) is 5.92 Å². The molecule has 6 aromatic carbocycles. The van der Waals surface area contributed by atoms with Crippen molar-refractivity contribution in [2.75, 3.05) is 0 Å². The summed E-state index contributed by atoms with van der Waals surface area (Å²) >= 11 is 0. The van der Waals surface area contributed by atoms with E-state index in [9.17, 15) is 0 Å². The van der Waals surface area contributed by atoms with Crippen LogP contribution in [0.3, 0.4) is 0 Å².